The second kappa shape index (κ2) is 7.93. The Balaban J connectivity index is 2.04. The third-order valence-corrected chi connectivity index (χ3v) is 3.47. The third kappa shape index (κ3) is 4.78. The Labute approximate surface area is 144 Å². The number of benzene rings is 2. The molecule has 0 fully saturated rings. The van der Waals surface area contributed by atoms with Gasteiger partial charge in [0.05, 0.1) is 12.2 Å². The molecule has 4 N–H and O–H groups in total. The van der Waals surface area contributed by atoms with Gasteiger partial charge in [-0.1, -0.05) is 12.1 Å². The zero-order valence-corrected chi connectivity index (χ0v) is 13.6. The van der Waals surface area contributed by atoms with Gasteiger partial charge in [-0.3, -0.25) is 9.59 Å². The van der Waals surface area contributed by atoms with Crippen molar-refractivity contribution in [2.75, 3.05) is 11.9 Å². The molecular formula is C18H17FN4O2. The summed E-state index contributed by atoms with van der Waals surface area (Å²) < 4.78 is 13.8. The Morgan fingerprint density at radius 2 is 1.92 bits per heavy atom. The number of carbonyl (C=O) groups is 2. The van der Waals surface area contributed by atoms with Crippen LogP contribution in [0.15, 0.2) is 36.4 Å². The van der Waals surface area contributed by atoms with Gasteiger partial charge in [-0.15, -0.1) is 0 Å². The fourth-order valence-corrected chi connectivity index (χ4v) is 2.24. The smallest absolute Gasteiger partial charge is 0.251 e. The lowest BCUT2D eigenvalue weighted by molar-refractivity contribution is -0.117. The number of hydrogen-bond acceptors (Lipinski definition) is 4. The van der Waals surface area contributed by atoms with E-state index in [9.17, 15) is 14.0 Å². The van der Waals surface area contributed by atoms with Crippen molar-refractivity contribution in [1.82, 2.24) is 5.32 Å². The summed E-state index contributed by atoms with van der Waals surface area (Å²) in [5, 5.41) is 14.5. The number of anilines is 1. The maximum Gasteiger partial charge on any atom is 0.251 e. The monoisotopic (exact) mass is 340 g/mol. The molecule has 0 aromatic heterocycles. The van der Waals surface area contributed by atoms with Gasteiger partial charge in [-0.2, -0.15) is 5.26 Å². The summed E-state index contributed by atoms with van der Waals surface area (Å²) in [7, 11) is 0. The lowest BCUT2D eigenvalue weighted by atomic mass is 10.1. The van der Waals surface area contributed by atoms with Crippen LogP contribution in [-0.2, 0) is 11.3 Å². The Hall–Kier alpha value is -3.40. The minimum Gasteiger partial charge on any atom is -0.380 e. The highest BCUT2D eigenvalue weighted by molar-refractivity contribution is 5.96. The first-order valence-corrected chi connectivity index (χ1v) is 7.50. The first-order chi connectivity index (χ1) is 11.9. The molecule has 0 aliphatic heterocycles. The number of amides is 2. The predicted octanol–water partition coefficient (Wildman–Crippen LogP) is 1.83. The van der Waals surface area contributed by atoms with E-state index in [2.05, 4.69) is 10.6 Å². The minimum atomic E-state index is -0.618. The lowest BCUT2D eigenvalue weighted by Gasteiger charge is -2.11. The highest BCUT2D eigenvalue weighted by Gasteiger charge is 2.10. The standard InChI is InChI=1S/C18H17FN4O2/c1-11-6-15(19)14(8-20)16(7-11)22-9-12-2-4-13(5-3-12)18(25)23-10-17(21)24/h2-7,22H,9-10H2,1H3,(H2,21,24)(H,23,25). The Bertz CT molecular complexity index is 841. The molecule has 0 heterocycles. The number of rotatable bonds is 6. The van der Waals surface area contributed by atoms with Crippen molar-refractivity contribution in [3.05, 3.63) is 64.5 Å². The molecular weight excluding hydrogens is 323 g/mol. The molecule has 2 aromatic carbocycles. The third-order valence-electron chi connectivity index (χ3n) is 3.47. The van der Waals surface area contributed by atoms with Gasteiger partial charge in [-0.05, 0) is 42.3 Å². The van der Waals surface area contributed by atoms with Gasteiger partial charge in [0.15, 0.2) is 0 Å². The zero-order chi connectivity index (χ0) is 18.4. The normalized spacial score (nSPS) is 9.96. The van der Waals surface area contributed by atoms with Crippen LogP contribution in [0.25, 0.3) is 0 Å². The Kier molecular flexibility index (Phi) is 5.69. The van der Waals surface area contributed by atoms with Crippen molar-refractivity contribution in [3.8, 4) is 6.07 Å². The van der Waals surface area contributed by atoms with Gasteiger partial charge < -0.3 is 16.4 Å². The summed E-state index contributed by atoms with van der Waals surface area (Å²) in [6, 6.07) is 11.5. The van der Waals surface area contributed by atoms with Crippen LogP contribution >= 0.6 is 0 Å². The van der Waals surface area contributed by atoms with E-state index in [0.29, 0.717) is 23.4 Å². The van der Waals surface area contributed by atoms with E-state index in [1.807, 2.05) is 6.07 Å². The number of hydrogen-bond donors (Lipinski definition) is 3. The van der Waals surface area contributed by atoms with E-state index in [0.717, 1.165) is 5.56 Å². The fourth-order valence-electron chi connectivity index (χ4n) is 2.24. The molecule has 25 heavy (non-hydrogen) atoms. The first-order valence-electron chi connectivity index (χ1n) is 7.50. The van der Waals surface area contributed by atoms with E-state index in [4.69, 9.17) is 11.0 Å². The molecule has 0 saturated carbocycles. The van der Waals surface area contributed by atoms with Crippen molar-refractivity contribution >= 4 is 17.5 Å². The molecule has 0 bridgehead atoms. The van der Waals surface area contributed by atoms with Crippen molar-refractivity contribution in [2.45, 2.75) is 13.5 Å². The number of aryl methyl sites for hydroxylation is 1. The number of primary amides is 1. The molecule has 0 unspecified atom stereocenters. The van der Waals surface area contributed by atoms with E-state index in [-0.39, 0.29) is 12.1 Å². The summed E-state index contributed by atoms with van der Waals surface area (Å²) in [5.41, 5.74) is 7.30. The zero-order valence-electron chi connectivity index (χ0n) is 13.6. The second-order valence-electron chi connectivity index (χ2n) is 5.48. The van der Waals surface area contributed by atoms with E-state index >= 15 is 0 Å². The van der Waals surface area contributed by atoms with Crippen molar-refractivity contribution < 1.29 is 14.0 Å². The van der Waals surface area contributed by atoms with Crippen molar-refractivity contribution in [1.29, 1.82) is 5.26 Å². The van der Waals surface area contributed by atoms with Crippen LogP contribution in [0.2, 0.25) is 0 Å². The molecule has 6 nitrogen and oxygen atoms in total. The highest BCUT2D eigenvalue weighted by atomic mass is 19.1. The van der Waals surface area contributed by atoms with E-state index in [1.165, 1.54) is 6.07 Å². The van der Waals surface area contributed by atoms with Gasteiger partial charge in [-0.25, -0.2) is 4.39 Å². The molecule has 0 spiro atoms. The van der Waals surface area contributed by atoms with Crippen LogP contribution in [0.1, 0.15) is 27.0 Å². The maximum atomic E-state index is 13.8. The van der Waals surface area contributed by atoms with Gasteiger partial charge in [0.2, 0.25) is 5.91 Å². The van der Waals surface area contributed by atoms with Crippen molar-refractivity contribution in [3.63, 3.8) is 0 Å². The first kappa shape index (κ1) is 17.9. The molecule has 0 aliphatic rings. The summed E-state index contributed by atoms with van der Waals surface area (Å²) in [6.45, 7) is 1.88. The molecule has 2 aromatic rings. The molecule has 0 atom stereocenters. The summed E-state index contributed by atoms with van der Waals surface area (Å²) >= 11 is 0. The predicted molar refractivity (Wildman–Crippen MR) is 91.1 cm³/mol. The number of halogens is 1. The van der Waals surface area contributed by atoms with Crippen LogP contribution < -0.4 is 16.4 Å². The number of nitrogens with one attached hydrogen (secondary N) is 2. The molecule has 0 radical (unpaired) electrons. The Morgan fingerprint density at radius 3 is 2.52 bits per heavy atom. The largest absolute Gasteiger partial charge is 0.380 e. The van der Waals surface area contributed by atoms with Gasteiger partial charge >= 0.3 is 0 Å². The molecule has 0 saturated heterocycles. The second-order valence-corrected chi connectivity index (χ2v) is 5.48. The van der Waals surface area contributed by atoms with Crippen LogP contribution in [0.4, 0.5) is 10.1 Å². The maximum absolute atomic E-state index is 13.8. The number of carbonyl (C=O) groups excluding carboxylic acids is 2. The van der Waals surface area contributed by atoms with Crippen LogP contribution in [0, 0.1) is 24.1 Å². The van der Waals surface area contributed by atoms with Gasteiger partial charge in [0.1, 0.15) is 17.4 Å². The fraction of sp³-hybridized carbons (Fsp3) is 0.167. The number of nitrogens with two attached hydrogens (primary N) is 1. The number of nitriles is 1. The quantitative estimate of drug-likeness (QED) is 0.745. The van der Waals surface area contributed by atoms with E-state index < -0.39 is 17.6 Å². The molecule has 0 aliphatic carbocycles. The lowest BCUT2D eigenvalue weighted by Crippen LogP contribution is -2.33. The van der Waals surface area contributed by atoms with Crippen LogP contribution in [0.5, 0.6) is 0 Å². The van der Waals surface area contributed by atoms with Gasteiger partial charge in [0, 0.05) is 12.1 Å². The SMILES string of the molecule is Cc1cc(F)c(C#N)c(NCc2ccc(C(=O)NCC(N)=O)cc2)c1. The molecule has 7 heteroatoms. The Morgan fingerprint density at radius 1 is 1.24 bits per heavy atom. The minimum absolute atomic E-state index is 0.0342. The molecule has 2 amide bonds. The van der Waals surface area contributed by atoms with Crippen LogP contribution in [-0.4, -0.2) is 18.4 Å². The van der Waals surface area contributed by atoms with Crippen molar-refractivity contribution in [2.24, 2.45) is 5.73 Å². The average molecular weight is 340 g/mol. The molecule has 128 valence electrons. The topological polar surface area (TPSA) is 108 Å². The summed E-state index contributed by atoms with van der Waals surface area (Å²) in [4.78, 5) is 22.4. The average Bonchev–Trinajstić information content (AvgIpc) is 2.58. The summed E-state index contributed by atoms with van der Waals surface area (Å²) in [6.07, 6.45) is 0. The molecule has 2 rings (SSSR count). The van der Waals surface area contributed by atoms with Crippen LogP contribution in [0.3, 0.4) is 0 Å². The number of nitrogens with zero attached hydrogens (tertiary/aromatic N) is 1. The van der Waals surface area contributed by atoms with Gasteiger partial charge in [0.25, 0.3) is 5.91 Å². The van der Waals surface area contributed by atoms with E-state index in [1.54, 1.807) is 37.3 Å². The summed E-state index contributed by atoms with van der Waals surface area (Å²) in [5.74, 6) is -1.58. The highest BCUT2D eigenvalue weighted by Crippen LogP contribution is 2.21.